The molecule has 1 heterocycles. The second kappa shape index (κ2) is 8.26. The molecule has 3 N–H and O–H groups in total. The molecule has 0 aliphatic heterocycles. The van der Waals surface area contributed by atoms with Gasteiger partial charge in [-0.2, -0.15) is 0 Å². The topological polar surface area (TPSA) is 74.2 Å². The lowest BCUT2D eigenvalue weighted by atomic mass is 10.1. The van der Waals surface area contributed by atoms with Crippen molar-refractivity contribution in [3.63, 3.8) is 0 Å². The number of hydrogen-bond acceptors (Lipinski definition) is 4. The van der Waals surface area contributed by atoms with E-state index in [9.17, 15) is 9.90 Å². The van der Waals surface area contributed by atoms with Crippen molar-refractivity contribution in [3.05, 3.63) is 72.3 Å². The third-order valence-electron chi connectivity index (χ3n) is 3.91. The van der Waals surface area contributed by atoms with E-state index >= 15 is 0 Å². The summed E-state index contributed by atoms with van der Waals surface area (Å²) < 4.78 is 0. The predicted octanol–water partition coefficient (Wildman–Crippen LogP) is 2.89. The Morgan fingerprint density at radius 1 is 0.960 bits per heavy atom. The lowest BCUT2D eigenvalue weighted by molar-refractivity contribution is -0.123. The third-order valence-corrected chi connectivity index (χ3v) is 3.91. The van der Waals surface area contributed by atoms with Gasteiger partial charge in [0.25, 0.3) is 0 Å². The van der Waals surface area contributed by atoms with E-state index in [1.807, 2.05) is 66.7 Å². The molecule has 5 heteroatoms. The average Bonchev–Trinajstić information content (AvgIpc) is 2.66. The molecule has 1 unspecified atom stereocenters. The molecule has 0 saturated heterocycles. The molecule has 0 saturated carbocycles. The van der Waals surface area contributed by atoms with Crippen LogP contribution in [0.2, 0.25) is 0 Å². The standard InChI is InChI=1S/C20H21N3O2/c24-18(16-7-2-1-3-8-16)14-20(25)22-13-12-21-19-11-10-15-6-4-5-9-17(15)23-19/h1-11,18,24H,12-14H2,(H,21,23)(H,22,25). The fourth-order valence-corrected chi connectivity index (χ4v) is 2.60. The molecule has 0 fully saturated rings. The predicted molar refractivity (Wildman–Crippen MR) is 99.3 cm³/mol. The highest BCUT2D eigenvalue weighted by Crippen LogP contribution is 2.16. The van der Waals surface area contributed by atoms with Gasteiger partial charge in [-0.25, -0.2) is 4.98 Å². The van der Waals surface area contributed by atoms with E-state index in [-0.39, 0.29) is 12.3 Å². The smallest absolute Gasteiger partial charge is 0.223 e. The number of aromatic nitrogens is 1. The van der Waals surface area contributed by atoms with Gasteiger partial charge in [0, 0.05) is 18.5 Å². The van der Waals surface area contributed by atoms with Crippen molar-refractivity contribution in [2.24, 2.45) is 0 Å². The summed E-state index contributed by atoms with van der Waals surface area (Å²) in [5.41, 5.74) is 1.68. The number of anilines is 1. The lowest BCUT2D eigenvalue weighted by Crippen LogP contribution is -2.29. The van der Waals surface area contributed by atoms with Crippen molar-refractivity contribution < 1.29 is 9.90 Å². The molecule has 0 aliphatic carbocycles. The number of rotatable bonds is 7. The summed E-state index contributed by atoms with van der Waals surface area (Å²) in [5.74, 6) is 0.599. The van der Waals surface area contributed by atoms with Gasteiger partial charge >= 0.3 is 0 Å². The maximum atomic E-state index is 11.9. The monoisotopic (exact) mass is 335 g/mol. The largest absolute Gasteiger partial charge is 0.388 e. The number of carbonyl (C=O) groups is 1. The number of hydrogen-bond donors (Lipinski definition) is 3. The first-order valence-corrected chi connectivity index (χ1v) is 8.32. The molecule has 1 atom stereocenters. The number of aliphatic hydroxyl groups excluding tert-OH is 1. The van der Waals surface area contributed by atoms with Crippen molar-refractivity contribution in [2.75, 3.05) is 18.4 Å². The number of aliphatic hydroxyl groups is 1. The molecule has 1 amide bonds. The molecule has 0 aliphatic rings. The van der Waals surface area contributed by atoms with Gasteiger partial charge in [-0.15, -0.1) is 0 Å². The maximum absolute atomic E-state index is 11.9. The van der Waals surface area contributed by atoms with Crippen LogP contribution in [-0.2, 0) is 4.79 Å². The van der Waals surface area contributed by atoms with Gasteiger partial charge in [0.1, 0.15) is 5.82 Å². The average molecular weight is 335 g/mol. The normalized spacial score (nSPS) is 11.9. The fourth-order valence-electron chi connectivity index (χ4n) is 2.60. The Morgan fingerprint density at radius 2 is 1.72 bits per heavy atom. The highest BCUT2D eigenvalue weighted by atomic mass is 16.3. The van der Waals surface area contributed by atoms with Crippen LogP contribution in [0.3, 0.4) is 0 Å². The second-order valence-corrected chi connectivity index (χ2v) is 5.80. The highest BCUT2D eigenvalue weighted by Gasteiger charge is 2.12. The van der Waals surface area contributed by atoms with Gasteiger partial charge in [-0.1, -0.05) is 48.5 Å². The number of fused-ring (bicyclic) bond motifs is 1. The van der Waals surface area contributed by atoms with Crippen LogP contribution in [0.5, 0.6) is 0 Å². The van der Waals surface area contributed by atoms with Crippen molar-refractivity contribution >= 4 is 22.6 Å². The van der Waals surface area contributed by atoms with E-state index in [0.29, 0.717) is 13.1 Å². The number of amides is 1. The maximum Gasteiger partial charge on any atom is 0.223 e. The molecule has 0 radical (unpaired) electrons. The number of pyridine rings is 1. The van der Waals surface area contributed by atoms with Crippen LogP contribution in [0.1, 0.15) is 18.1 Å². The minimum absolute atomic E-state index is 0.0538. The van der Waals surface area contributed by atoms with Gasteiger partial charge < -0.3 is 15.7 Å². The van der Waals surface area contributed by atoms with Crippen LogP contribution >= 0.6 is 0 Å². The number of carbonyl (C=O) groups excluding carboxylic acids is 1. The van der Waals surface area contributed by atoms with Gasteiger partial charge in [-0.3, -0.25) is 4.79 Å². The van der Waals surface area contributed by atoms with Crippen LogP contribution in [0.25, 0.3) is 10.9 Å². The highest BCUT2D eigenvalue weighted by molar-refractivity contribution is 5.80. The molecule has 25 heavy (non-hydrogen) atoms. The second-order valence-electron chi connectivity index (χ2n) is 5.80. The minimum atomic E-state index is -0.781. The van der Waals surface area contributed by atoms with Crippen LogP contribution in [0, 0.1) is 0 Å². The van der Waals surface area contributed by atoms with Gasteiger partial charge in [0.05, 0.1) is 18.0 Å². The molecule has 3 rings (SSSR count). The van der Waals surface area contributed by atoms with Gasteiger partial charge in [0.15, 0.2) is 0 Å². The van der Waals surface area contributed by atoms with E-state index < -0.39 is 6.10 Å². The lowest BCUT2D eigenvalue weighted by Gasteiger charge is -2.12. The van der Waals surface area contributed by atoms with Gasteiger partial charge in [-0.05, 0) is 23.8 Å². The minimum Gasteiger partial charge on any atom is -0.388 e. The van der Waals surface area contributed by atoms with Crippen molar-refractivity contribution in [2.45, 2.75) is 12.5 Å². The number of nitrogens with zero attached hydrogens (tertiary/aromatic N) is 1. The quantitative estimate of drug-likeness (QED) is 0.581. The Labute approximate surface area is 146 Å². The van der Waals surface area contributed by atoms with Crippen LogP contribution in [0.4, 0.5) is 5.82 Å². The molecule has 3 aromatic rings. The summed E-state index contributed by atoms with van der Waals surface area (Å²) in [7, 11) is 0. The summed E-state index contributed by atoms with van der Waals surface area (Å²) in [6, 6.07) is 21.0. The molecule has 0 spiro atoms. The van der Waals surface area contributed by atoms with E-state index in [0.717, 1.165) is 22.3 Å². The summed E-state index contributed by atoms with van der Waals surface area (Å²) in [6.45, 7) is 1.04. The SMILES string of the molecule is O=C(CC(O)c1ccccc1)NCCNc1ccc2ccccc2n1. The number of benzene rings is 2. The summed E-state index contributed by atoms with van der Waals surface area (Å²) in [4.78, 5) is 16.4. The Kier molecular flexibility index (Phi) is 5.59. The van der Waals surface area contributed by atoms with Crippen molar-refractivity contribution in [3.8, 4) is 0 Å². The first kappa shape index (κ1) is 16.9. The summed E-state index contributed by atoms with van der Waals surface area (Å²) >= 11 is 0. The molecular weight excluding hydrogens is 314 g/mol. The Balaban J connectivity index is 1.42. The molecule has 1 aromatic heterocycles. The fraction of sp³-hybridized carbons (Fsp3) is 0.200. The Morgan fingerprint density at radius 3 is 2.56 bits per heavy atom. The first-order chi connectivity index (χ1) is 12.2. The molecule has 5 nitrogen and oxygen atoms in total. The van der Waals surface area contributed by atoms with Crippen molar-refractivity contribution in [1.29, 1.82) is 0 Å². The Hall–Kier alpha value is -2.92. The van der Waals surface area contributed by atoms with E-state index in [1.165, 1.54) is 0 Å². The number of para-hydroxylation sites is 1. The van der Waals surface area contributed by atoms with E-state index in [2.05, 4.69) is 15.6 Å². The zero-order chi connectivity index (χ0) is 17.5. The third kappa shape index (κ3) is 4.78. The van der Waals surface area contributed by atoms with Crippen LogP contribution in [-0.4, -0.2) is 29.1 Å². The van der Waals surface area contributed by atoms with Crippen LogP contribution in [0.15, 0.2) is 66.7 Å². The number of nitrogens with one attached hydrogen (secondary N) is 2. The van der Waals surface area contributed by atoms with Crippen molar-refractivity contribution in [1.82, 2.24) is 10.3 Å². The first-order valence-electron chi connectivity index (χ1n) is 8.32. The van der Waals surface area contributed by atoms with E-state index in [1.54, 1.807) is 0 Å². The van der Waals surface area contributed by atoms with Gasteiger partial charge in [0.2, 0.25) is 5.91 Å². The Bertz CT molecular complexity index is 836. The summed E-state index contributed by atoms with van der Waals surface area (Å²) in [6.07, 6.45) is -0.727. The van der Waals surface area contributed by atoms with Crippen LogP contribution < -0.4 is 10.6 Å². The zero-order valence-corrected chi connectivity index (χ0v) is 13.9. The molecular formula is C20H21N3O2. The zero-order valence-electron chi connectivity index (χ0n) is 13.9. The van der Waals surface area contributed by atoms with E-state index in [4.69, 9.17) is 0 Å². The molecule has 0 bridgehead atoms. The summed E-state index contributed by atoms with van der Waals surface area (Å²) in [5, 5.41) is 17.1. The molecule has 2 aromatic carbocycles. The molecule has 128 valence electrons.